The van der Waals surface area contributed by atoms with Crippen molar-refractivity contribution in [2.24, 2.45) is 5.92 Å². The van der Waals surface area contributed by atoms with Crippen LogP contribution in [0.2, 0.25) is 0 Å². The molecule has 37 heavy (non-hydrogen) atoms. The normalized spacial score (nSPS) is 18.7. The fraction of sp³-hybridized carbons (Fsp3) is 0.464. The number of anilines is 1. The molecule has 1 aromatic carbocycles. The van der Waals surface area contributed by atoms with Crippen LogP contribution in [0.5, 0.6) is 0 Å². The van der Waals surface area contributed by atoms with Crippen LogP contribution >= 0.6 is 0 Å². The number of aryl methyl sites for hydroxylation is 3. The third kappa shape index (κ3) is 5.06. The molecular weight excluding hydrogens is 464 g/mol. The number of hydrogen-bond donors (Lipinski definition) is 0. The minimum absolute atomic E-state index is 0.543. The maximum atomic E-state index is 5.45. The van der Waals surface area contributed by atoms with Crippen LogP contribution in [0.15, 0.2) is 36.7 Å². The van der Waals surface area contributed by atoms with E-state index in [9.17, 15) is 0 Å². The van der Waals surface area contributed by atoms with E-state index in [1.165, 1.54) is 11.1 Å². The highest BCUT2D eigenvalue weighted by Gasteiger charge is 2.26. The summed E-state index contributed by atoms with van der Waals surface area (Å²) in [4.78, 5) is 23.4. The smallest absolute Gasteiger partial charge is 0.252 e. The van der Waals surface area contributed by atoms with Crippen molar-refractivity contribution in [3.05, 3.63) is 65.0 Å². The number of ether oxygens (including phenoxy) is 1. The van der Waals surface area contributed by atoms with Gasteiger partial charge in [-0.25, -0.2) is 14.5 Å². The van der Waals surface area contributed by atoms with Gasteiger partial charge in [0.2, 0.25) is 0 Å². The number of fused-ring (bicyclic) bond motifs is 1. The minimum atomic E-state index is 0.543. The van der Waals surface area contributed by atoms with Gasteiger partial charge in [-0.3, -0.25) is 9.88 Å². The van der Waals surface area contributed by atoms with Crippen LogP contribution in [0.3, 0.4) is 0 Å². The van der Waals surface area contributed by atoms with E-state index in [1.807, 2.05) is 23.8 Å². The van der Waals surface area contributed by atoms with Gasteiger partial charge in [0, 0.05) is 49.7 Å². The molecule has 4 aromatic rings. The maximum Gasteiger partial charge on any atom is 0.252 e. The number of aromatic nitrogens is 6. The molecule has 2 aliphatic heterocycles. The van der Waals surface area contributed by atoms with E-state index in [4.69, 9.17) is 19.7 Å². The number of benzene rings is 1. The lowest BCUT2D eigenvalue weighted by Crippen LogP contribution is -2.35. The summed E-state index contributed by atoms with van der Waals surface area (Å²) < 4.78 is 7.33. The second-order valence-corrected chi connectivity index (χ2v) is 10.3. The first-order chi connectivity index (χ1) is 18.0. The quantitative estimate of drug-likeness (QED) is 0.400. The molecule has 3 aromatic heterocycles. The third-order valence-electron chi connectivity index (χ3n) is 7.66. The van der Waals surface area contributed by atoms with Gasteiger partial charge in [-0.15, -0.1) is 0 Å². The molecule has 0 N–H and O–H groups in total. The minimum Gasteiger partial charge on any atom is -0.379 e. The van der Waals surface area contributed by atoms with E-state index in [0.29, 0.717) is 11.7 Å². The Morgan fingerprint density at radius 2 is 1.76 bits per heavy atom. The van der Waals surface area contributed by atoms with Crippen molar-refractivity contribution in [3.63, 3.8) is 0 Å². The van der Waals surface area contributed by atoms with Crippen molar-refractivity contribution in [2.75, 3.05) is 44.3 Å². The van der Waals surface area contributed by atoms with Gasteiger partial charge in [0.25, 0.3) is 5.78 Å². The first-order valence-corrected chi connectivity index (χ1v) is 13.2. The molecule has 192 valence electrons. The van der Waals surface area contributed by atoms with Crippen LogP contribution in [0, 0.1) is 26.7 Å². The molecule has 9 heteroatoms. The maximum absolute atomic E-state index is 5.45. The summed E-state index contributed by atoms with van der Waals surface area (Å²) >= 11 is 0. The SMILES string of the molecule is Cc1nc2nc(C)c(C[C@@H]3CCN(c4cnc(-c5ccc(CN6CCOCC6)cc5)cn4)C3)c(C)n2n1. The van der Waals surface area contributed by atoms with Crippen molar-refractivity contribution >= 4 is 11.6 Å². The van der Waals surface area contributed by atoms with Gasteiger partial charge in [0.05, 0.1) is 31.3 Å². The molecule has 2 saturated heterocycles. The Balaban J connectivity index is 1.09. The Morgan fingerprint density at radius 3 is 2.51 bits per heavy atom. The number of morpholine rings is 1. The largest absolute Gasteiger partial charge is 0.379 e. The Bertz CT molecular complexity index is 1380. The molecule has 0 spiro atoms. The van der Waals surface area contributed by atoms with E-state index < -0.39 is 0 Å². The van der Waals surface area contributed by atoms with Gasteiger partial charge in [-0.2, -0.15) is 10.1 Å². The van der Waals surface area contributed by atoms with Gasteiger partial charge in [0.1, 0.15) is 11.6 Å². The van der Waals surface area contributed by atoms with Crippen LogP contribution in [0.4, 0.5) is 5.82 Å². The molecule has 0 saturated carbocycles. The molecule has 0 radical (unpaired) electrons. The van der Waals surface area contributed by atoms with E-state index >= 15 is 0 Å². The highest BCUT2D eigenvalue weighted by atomic mass is 16.5. The van der Waals surface area contributed by atoms with Gasteiger partial charge in [-0.05, 0) is 50.7 Å². The number of rotatable bonds is 6. The second kappa shape index (κ2) is 10.1. The van der Waals surface area contributed by atoms with Crippen molar-refractivity contribution in [3.8, 4) is 11.3 Å². The van der Waals surface area contributed by atoms with Crippen LogP contribution in [-0.2, 0) is 17.7 Å². The molecule has 5 heterocycles. The van der Waals surface area contributed by atoms with Crippen molar-refractivity contribution in [1.29, 1.82) is 0 Å². The summed E-state index contributed by atoms with van der Waals surface area (Å²) in [6.45, 7) is 12.7. The van der Waals surface area contributed by atoms with Crippen molar-refractivity contribution < 1.29 is 4.74 Å². The molecule has 0 aliphatic carbocycles. The zero-order valence-electron chi connectivity index (χ0n) is 21.9. The van der Waals surface area contributed by atoms with Crippen molar-refractivity contribution in [2.45, 2.75) is 40.2 Å². The Labute approximate surface area is 217 Å². The molecular formula is C28H34N8O. The Hall–Kier alpha value is -3.43. The number of nitrogens with zero attached hydrogens (tertiary/aromatic N) is 8. The van der Waals surface area contributed by atoms with Crippen LogP contribution in [-0.4, -0.2) is 73.8 Å². The zero-order valence-corrected chi connectivity index (χ0v) is 21.9. The van der Waals surface area contributed by atoms with Crippen LogP contribution in [0.25, 0.3) is 17.0 Å². The fourth-order valence-corrected chi connectivity index (χ4v) is 5.53. The molecule has 0 unspecified atom stereocenters. The predicted molar refractivity (Wildman–Crippen MR) is 143 cm³/mol. The van der Waals surface area contributed by atoms with Crippen LogP contribution in [0.1, 0.15) is 34.8 Å². The molecule has 9 nitrogen and oxygen atoms in total. The summed E-state index contributed by atoms with van der Waals surface area (Å²) in [5.74, 6) is 2.93. The summed E-state index contributed by atoms with van der Waals surface area (Å²) in [6.07, 6.45) is 5.93. The van der Waals surface area contributed by atoms with E-state index in [0.717, 1.165) is 93.1 Å². The lowest BCUT2D eigenvalue weighted by molar-refractivity contribution is 0.0342. The van der Waals surface area contributed by atoms with E-state index in [-0.39, 0.29) is 0 Å². The lowest BCUT2D eigenvalue weighted by atomic mass is 9.96. The molecule has 0 amide bonds. The lowest BCUT2D eigenvalue weighted by Gasteiger charge is -2.26. The molecule has 0 bridgehead atoms. The first kappa shape index (κ1) is 23.9. The van der Waals surface area contributed by atoms with Gasteiger partial charge >= 0.3 is 0 Å². The Morgan fingerprint density at radius 1 is 0.946 bits per heavy atom. The predicted octanol–water partition coefficient (Wildman–Crippen LogP) is 3.41. The molecule has 6 rings (SSSR count). The standard InChI is InChI=1S/C28H34N8O/c1-19-25(20(2)36-28(31-19)32-21(3)33-36)14-23-8-9-35(18-23)27-16-29-26(15-30-27)24-6-4-22(5-7-24)17-34-10-12-37-13-11-34/h4-7,15-16,23H,8-14,17-18H2,1-3H3/t23-/m0/s1. The summed E-state index contributed by atoms with van der Waals surface area (Å²) in [5.41, 5.74) is 6.80. The Kier molecular flexibility index (Phi) is 6.56. The van der Waals surface area contributed by atoms with Crippen molar-refractivity contribution in [1.82, 2.24) is 34.4 Å². The van der Waals surface area contributed by atoms with Gasteiger partial charge in [0.15, 0.2) is 0 Å². The number of hydrogen-bond acceptors (Lipinski definition) is 8. The third-order valence-corrected chi connectivity index (χ3v) is 7.66. The highest BCUT2D eigenvalue weighted by Crippen LogP contribution is 2.28. The van der Waals surface area contributed by atoms with Gasteiger partial charge in [-0.1, -0.05) is 24.3 Å². The van der Waals surface area contributed by atoms with Crippen LogP contribution < -0.4 is 4.90 Å². The molecule has 1 atom stereocenters. The summed E-state index contributed by atoms with van der Waals surface area (Å²) in [6, 6.07) is 8.69. The monoisotopic (exact) mass is 498 g/mol. The van der Waals surface area contributed by atoms with E-state index in [2.05, 4.69) is 58.0 Å². The van der Waals surface area contributed by atoms with Gasteiger partial charge < -0.3 is 9.64 Å². The summed E-state index contributed by atoms with van der Waals surface area (Å²) in [5, 5.41) is 4.52. The zero-order chi connectivity index (χ0) is 25.4. The average Bonchev–Trinajstić information content (AvgIpc) is 3.54. The topological polar surface area (TPSA) is 84.6 Å². The summed E-state index contributed by atoms with van der Waals surface area (Å²) in [7, 11) is 0. The fourth-order valence-electron chi connectivity index (χ4n) is 5.53. The first-order valence-electron chi connectivity index (χ1n) is 13.2. The molecule has 2 fully saturated rings. The average molecular weight is 499 g/mol. The molecule has 2 aliphatic rings. The van der Waals surface area contributed by atoms with E-state index in [1.54, 1.807) is 0 Å². The highest BCUT2D eigenvalue weighted by molar-refractivity contribution is 5.59. The second-order valence-electron chi connectivity index (χ2n) is 10.3.